The molecule has 0 atom stereocenters. The molecule has 0 saturated heterocycles. The number of benzene rings is 1. The van der Waals surface area contributed by atoms with Gasteiger partial charge in [-0.05, 0) is 31.9 Å². The van der Waals surface area contributed by atoms with Crippen molar-refractivity contribution in [2.75, 3.05) is 0 Å². The summed E-state index contributed by atoms with van der Waals surface area (Å²) in [5, 5.41) is 3.56. The third-order valence-corrected chi connectivity index (χ3v) is 4.50. The molecule has 20 heavy (non-hydrogen) atoms. The summed E-state index contributed by atoms with van der Waals surface area (Å²) in [4.78, 5) is 19.0. The summed E-state index contributed by atoms with van der Waals surface area (Å²) in [5.74, 6) is 0.00348. The van der Waals surface area contributed by atoms with E-state index in [2.05, 4.69) is 4.98 Å². The lowest BCUT2D eigenvalue weighted by Gasteiger charge is -2.22. The maximum absolute atomic E-state index is 12.7. The third-order valence-electron chi connectivity index (χ3n) is 3.35. The number of carbonyl (C=O) groups is 1. The molecule has 0 bridgehead atoms. The lowest BCUT2D eigenvalue weighted by molar-refractivity contribution is 0.0728. The summed E-state index contributed by atoms with van der Waals surface area (Å²) in [7, 11) is 0. The van der Waals surface area contributed by atoms with Gasteiger partial charge in [-0.15, -0.1) is 11.3 Å². The largest absolute Gasteiger partial charge is 0.330 e. The summed E-state index contributed by atoms with van der Waals surface area (Å²) in [6, 6.07) is 7.56. The number of amides is 1. The van der Waals surface area contributed by atoms with E-state index in [9.17, 15) is 4.79 Å². The molecule has 1 aromatic heterocycles. The lowest BCUT2D eigenvalue weighted by atomic mass is 10.2. The Morgan fingerprint density at radius 1 is 1.45 bits per heavy atom. The minimum Gasteiger partial charge on any atom is -0.330 e. The Kier molecular flexibility index (Phi) is 3.76. The zero-order valence-electron chi connectivity index (χ0n) is 11.2. The second-order valence-electron chi connectivity index (χ2n) is 5.00. The maximum atomic E-state index is 12.7. The van der Waals surface area contributed by atoms with E-state index >= 15 is 0 Å². The number of thiazole rings is 1. The SMILES string of the molecule is Cc1nc(CN(C(=O)c2ccccc2Cl)C2CC2)cs1. The van der Waals surface area contributed by atoms with E-state index in [1.165, 1.54) is 0 Å². The van der Waals surface area contributed by atoms with Crippen LogP contribution in [0.2, 0.25) is 5.02 Å². The van der Waals surface area contributed by atoms with Gasteiger partial charge >= 0.3 is 0 Å². The van der Waals surface area contributed by atoms with Crippen molar-refractivity contribution in [3.63, 3.8) is 0 Å². The molecular weight excluding hydrogens is 292 g/mol. The van der Waals surface area contributed by atoms with Gasteiger partial charge in [0.2, 0.25) is 0 Å². The predicted octanol–water partition coefficient (Wildman–Crippen LogP) is 3.91. The van der Waals surface area contributed by atoms with Crippen molar-refractivity contribution in [1.82, 2.24) is 9.88 Å². The van der Waals surface area contributed by atoms with Gasteiger partial charge < -0.3 is 4.90 Å². The van der Waals surface area contributed by atoms with Crippen LogP contribution in [0, 0.1) is 6.92 Å². The molecule has 1 aliphatic rings. The summed E-state index contributed by atoms with van der Waals surface area (Å²) in [6.45, 7) is 2.55. The van der Waals surface area contributed by atoms with Gasteiger partial charge in [0.05, 0.1) is 27.8 Å². The highest BCUT2D eigenvalue weighted by atomic mass is 35.5. The number of halogens is 1. The van der Waals surface area contributed by atoms with Crippen molar-refractivity contribution in [1.29, 1.82) is 0 Å². The Hall–Kier alpha value is -1.39. The van der Waals surface area contributed by atoms with Crippen molar-refractivity contribution < 1.29 is 4.79 Å². The number of nitrogens with zero attached hydrogens (tertiary/aromatic N) is 2. The molecule has 0 spiro atoms. The molecule has 1 saturated carbocycles. The fourth-order valence-corrected chi connectivity index (χ4v) is 3.02. The standard InChI is InChI=1S/C15H15ClN2OS/c1-10-17-11(9-20-10)8-18(12-6-7-12)15(19)13-4-2-3-5-14(13)16/h2-5,9,12H,6-8H2,1H3. The highest BCUT2D eigenvalue weighted by Gasteiger charge is 2.34. The molecule has 0 radical (unpaired) electrons. The van der Waals surface area contributed by atoms with Crippen molar-refractivity contribution in [3.8, 4) is 0 Å². The van der Waals surface area contributed by atoms with Gasteiger partial charge in [0.1, 0.15) is 0 Å². The molecule has 5 heteroatoms. The molecule has 1 aromatic carbocycles. The minimum absolute atomic E-state index is 0.00348. The smallest absolute Gasteiger partial charge is 0.255 e. The summed E-state index contributed by atoms with van der Waals surface area (Å²) >= 11 is 7.75. The number of hydrogen-bond acceptors (Lipinski definition) is 3. The quantitative estimate of drug-likeness (QED) is 0.858. The Morgan fingerprint density at radius 2 is 2.20 bits per heavy atom. The fraction of sp³-hybridized carbons (Fsp3) is 0.333. The van der Waals surface area contributed by atoms with Gasteiger partial charge in [-0.3, -0.25) is 4.79 Å². The fourth-order valence-electron chi connectivity index (χ4n) is 2.20. The van der Waals surface area contributed by atoms with Gasteiger partial charge in [0.25, 0.3) is 5.91 Å². The Balaban J connectivity index is 1.84. The topological polar surface area (TPSA) is 33.2 Å². The Morgan fingerprint density at radius 3 is 2.80 bits per heavy atom. The Bertz CT molecular complexity index is 636. The van der Waals surface area contributed by atoms with Crippen LogP contribution in [-0.2, 0) is 6.54 Å². The van der Waals surface area contributed by atoms with Crippen LogP contribution in [0.3, 0.4) is 0 Å². The maximum Gasteiger partial charge on any atom is 0.255 e. The van der Waals surface area contributed by atoms with Gasteiger partial charge in [0.15, 0.2) is 0 Å². The summed E-state index contributed by atoms with van der Waals surface area (Å²) in [6.07, 6.45) is 2.14. The van der Waals surface area contributed by atoms with E-state index in [1.807, 2.05) is 29.3 Å². The summed E-state index contributed by atoms with van der Waals surface area (Å²) in [5.41, 5.74) is 1.54. The average Bonchev–Trinajstić information content (AvgIpc) is 3.19. The minimum atomic E-state index is 0.00348. The second-order valence-corrected chi connectivity index (χ2v) is 6.47. The second kappa shape index (κ2) is 5.54. The van der Waals surface area contributed by atoms with Crippen molar-refractivity contribution in [2.24, 2.45) is 0 Å². The molecule has 2 aromatic rings. The van der Waals surface area contributed by atoms with Crippen LogP contribution in [0.25, 0.3) is 0 Å². The molecule has 1 fully saturated rings. The zero-order chi connectivity index (χ0) is 14.1. The summed E-state index contributed by atoms with van der Waals surface area (Å²) < 4.78 is 0. The molecular formula is C15H15ClN2OS. The molecule has 0 N–H and O–H groups in total. The van der Waals surface area contributed by atoms with Crippen LogP contribution in [0.5, 0.6) is 0 Å². The van der Waals surface area contributed by atoms with Crippen LogP contribution >= 0.6 is 22.9 Å². The molecule has 3 rings (SSSR count). The van der Waals surface area contributed by atoms with E-state index in [0.717, 1.165) is 23.5 Å². The zero-order valence-corrected chi connectivity index (χ0v) is 12.7. The predicted molar refractivity (Wildman–Crippen MR) is 81.2 cm³/mol. The van der Waals surface area contributed by atoms with E-state index in [-0.39, 0.29) is 5.91 Å². The van der Waals surface area contributed by atoms with Crippen molar-refractivity contribution >= 4 is 28.8 Å². The van der Waals surface area contributed by atoms with Gasteiger partial charge in [-0.25, -0.2) is 4.98 Å². The number of rotatable bonds is 4. The number of hydrogen-bond donors (Lipinski definition) is 0. The first kappa shape index (κ1) is 13.6. The van der Waals surface area contributed by atoms with E-state index in [0.29, 0.717) is 23.2 Å². The molecule has 0 unspecified atom stereocenters. The number of carbonyl (C=O) groups excluding carboxylic acids is 1. The van der Waals surface area contributed by atoms with Crippen LogP contribution in [0.4, 0.5) is 0 Å². The molecule has 1 aliphatic carbocycles. The monoisotopic (exact) mass is 306 g/mol. The Labute approximate surface area is 127 Å². The number of aryl methyl sites for hydroxylation is 1. The average molecular weight is 307 g/mol. The molecule has 0 aliphatic heterocycles. The van der Waals surface area contributed by atoms with E-state index < -0.39 is 0 Å². The first-order valence-corrected chi connectivity index (χ1v) is 7.87. The van der Waals surface area contributed by atoms with Gasteiger partial charge in [-0.1, -0.05) is 23.7 Å². The molecule has 104 valence electrons. The molecule has 3 nitrogen and oxygen atoms in total. The van der Waals surface area contributed by atoms with Crippen molar-refractivity contribution in [2.45, 2.75) is 32.4 Å². The van der Waals surface area contributed by atoms with Crippen molar-refractivity contribution in [3.05, 3.63) is 50.9 Å². The third kappa shape index (κ3) is 2.86. The van der Waals surface area contributed by atoms with Gasteiger partial charge in [-0.2, -0.15) is 0 Å². The highest BCUT2D eigenvalue weighted by molar-refractivity contribution is 7.09. The van der Waals surface area contributed by atoms with Crippen LogP contribution in [-0.4, -0.2) is 21.8 Å². The van der Waals surface area contributed by atoms with E-state index in [1.54, 1.807) is 23.5 Å². The van der Waals surface area contributed by atoms with Crippen LogP contribution in [0.1, 0.15) is 33.9 Å². The highest BCUT2D eigenvalue weighted by Crippen LogP contribution is 2.31. The van der Waals surface area contributed by atoms with E-state index in [4.69, 9.17) is 11.6 Å². The lowest BCUT2D eigenvalue weighted by Crippen LogP contribution is -2.32. The first-order chi connectivity index (χ1) is 9.65. The first-order valence-electron chi connectivity index (χ1n) is 6.61. The molecule has 1 heterocycles. The van der Waals surface area contributed by atoms with Gasteiger partial charge in [0, 0.05) is 11.4 Å². The molecule has 1 amide bonds. The van der Waals surface area contributed by atoms with Crippen LogP contribution < -0.4 is 0 Å². The van der Waals surface area contributed by atoms with Crippen LogP contribution in [0.15, 0.2) is 29.6 Å². The number of aromatic nitrogens is 1. The normalized spacial score (nSPS) is 14.3.